The summed E-state index contributed by atoms with van der Waals surface area (Å²) in [5, 5.41) is 0.501. The van der Waals surface area contributed by atoms with Crippen LogP contribution in [0, 0.1) is 0 Å². The van der Waals surface area contributed by atoms with Crippen molar-refractivity contribution in [2.75, 3.05) is 0 Å². The van der Waals surface area contributed by atoms with Crippen LogP contribution in [-0.4, -0.2) is 9.97 Å². The Morgan fingerprint density at radius 1 is 1.33 bits per heavy atom. The molecule has 0 fully saturated rings. The number of hydrogen-bond acceptors (Lipinski definition) is 3. The molecule has 0 atom stereocenters. The maximum atomic E-state index is 6.18. The zero-order valence-corrected chi connectivity index (χ0v) is 14.2. The predicted molar refractivity (Wildman–Crippen MR) is 91.4 cm³/mol. The summed E-state index contributed by atoms with van der Waals surface area (Å²) in [7, 11) is 0. The van der Waals surface area contributed by atoms with Gasteiger partial charge in [0.25, 0.3) is 0 Å². The van der Waals surface area contributed by atoms with Crippen LogP contribution in [0.4, 0.5) is 0 Å². The first-order chi connectivity index (χ1) is 10.0. The molecule has 1 aromatic carbocycles. The Kier molecular flexibility index (Phi) is 4.15. The number of aryl methyl sites for hydroxylation is 2. The van der Waals surface area contributed by atoms with E-state index in [2.05, 4.69) is 20.9 Å². The van der Waals surface area contributed by atoms with Crippen molar-refractivity contribution in [1.82, 2.24) is 4.98 Å². The standard InChI is InChI=1S/C15H12BrClN2OS/c16-9-4-5-13(11(17)7-9)20-15-10(14(18)21)6-8-2-1-3-12(8)19-15/h4-7H,1-3H2,(H2,18,21). The lowest BCUT2D eigenvalue weighted by atomic mass is 10.1. The molecule has 0 radical (unpaired) electrons. The van der Waals surface area contributed by atoms with E-state index in [1.54, 1.807) is 12.1 Å². The van der Waals surface area contributed by atoms with Gasteiger partial charge in [0.05, 0.1) is 10.6 Å². The highest BCUT2D eigenvalue weighted by molar-refractivity contribution is 9.10. The van der Waals surface area contributed by atoms with Gasteiger partial charge in [0.1, 0.15) is 10.7 Å². The molecular formula is C15H12BrClN2OS. The van der Waals surface area contributed by atoms with Crippen molar-refractivity contribution in [1.29, 1.82) is 0 Å². The van der Waals surface area contributed by atoms with E-state index in [-0.39, 0.29) is 4.99 Å². The van der Waals surface area contributed by atoms with Gasteiger partial charge in [0.2, 0.25) is 5.88 Å². The third-order valence-corrected chi connectivity index (χ3v) is 4.39. The van der Waals surface area contributed by atoms with Crippen LogP contribution in [0.3, 0.4) is 0 Å². The number of pyridine rings is 1. The molecule has 0 aliphatic heterocycles. The third kappa shape index (κ3) is 3.05. The molecule has 3 nitrogen and oxygen atoms in total. The first kappa shape index (κ1) is 14.8. The Balaban J connectivity index is 2.03. The molecule has 108 valence electrons. The smallest absolute Gasteiger partial charge is 0.229 e. The lowest BCUT2D eigenvalue weighted by molar-refractivity contribution is 0.460. The number of fused-ring (bicyclic) bond motifs is 1. The van der Waals surface area contributed by atoms with Gasteiger partial charge in [-0.3, -0.25) is 0 Å². The molecule has 0 bridgehead atoms. The van der Waals surface area contributed by atoms with Gasteiger partial charge in [-0.2, -0.15) is 0 Å². The first-order valence-corrected chi connectivity index (χ1v) is 8.08. The molecule has 1 heterocycles. The number of benzene rings is 1. The fourth-order valence-electron chi connectivity index (χ4n) is 2.37. The van der Waals surface area contributed by atoms with Crippen molar-refractivity contribution >= 4 is 44.7 Å². The highest BCUT2D eigenvalue weighted by atomic mass is 79.9. The third-order valence-electron chi connectivity index (χ3n) is 3.38. The first-order valence-electron chi connectivity index (χ1n) is 6.50. The van der Waals surface area contributed by atoms with Crippen LogP contribution in [0.15, 0.2) is 28.7 Å². The van der Waals surface area contributed by atoms with E-state index in [9.17, 15) is 0 Å². The van der Waals surface area contributed by atoms with Gasteiger partial charge in [-0.25, -0.2) is 4.98 Å². The summed E-state index contributed by atoms with van der Waals surface area (Å²) in [5.41, 5.74) is 8.71. The number of rotatable bonds is 3. The zero-order valence-electron chi connectivity index (χ0n) is 11.0. The summed E-state index contributed by atoms with van der Waals surface area (Å²) in [6.07, 6.45) is 3.07. The molecular weight excluding hydrogens is 372 g/mol. The second kappa shape index (κ2) is 5.91. The summed E-state index contributed by atoms with van der Waals surface area (Å²) in [4.78, 5) is 4.85. The Labute approximate surface area is 141 Å². The van der Waals surface area contributed by atoms with Gasteiger partial charge in [0.15, 0.2) is 0 Å². The second-order valence-corrected chi connectivity index (χ2v) is 6.60. The van der Waals surface area contributed by atoms with Crippen LogP contribution < -0.4 is 10.5 Å². The molecule has 2 aromatic rings. The Morgan fingerprint density at radius 2 is 2.14 bits per heavy atom. The lowest BCUT2D eigenvalue weighted by Crippen LogP contribution is -2.13. The molecule has 2 N–H and O–H groups in total. The van der Waals surface area contributed by atoms with Gasteiger partial charge in [0, 0.05) is 10.2 Å². The Hall–Kier alpha value is -1.17. The van der Waals surface area contributed by atoms with Crippen LogP contribution in [0.5, 0.6) is 11.6 Å². The molecule has 0 amide bonds. The molecule has 21 heavy (non-hydrogen) atoms. The van der Waals surface area contributed by atoms with Gasteiger partial charge >= 0.3 is 0 Å². The minimum Gasteiger partial charge on any atom is -0.437 e. The average molecular weight is 384 g/mol. The van der Waals surface area contributed by atoms with E-state index in [4.69, 9.17) is 34.3 Å². The quantitative estimate of drug-likeness (QED) is 0.797. The number of aromatic nitrogens is 1. The minimum absolute atomic E-state index is 0.278. The molecule has 3 rings (SSSR count). The van der Waals surface area contributed by atoms with Crippen molar-refractivity contribution < 1.29 is 4.74 Å². The fraction of sp³-hybridized carbons (Fsp3) is 0.200. The Bertz CT molecular complexity index is 736. The molecule has 1 aliphatic rings. The van der Waals surface area contributed by atoms with Gasteiger partial charge in [-0.15, -0.1) is 0 Å². The van der Waals surface area contributed by atoms with Crippen LogP contribution in [0.2, 0.25) is 5.02 Å². The average Bonchev–Trinajstić information content (AvgIpc) is 2.88. The normalized spacial score (nSPS) is 13.0. The molecule has 1 aliphatic carbocycles. The fourth-order valence-corrected chi connectivity index (χ4v) is 3.23. The van der Waals surface area contributed by atoms with Crippen molar-refractivity contribution in [2.24, 2.45) is 5.73 Å². The van der Waals surface area contributed by atoms with E-state index < -0.39 is 0 Å². The van der Waals surface area contributed by atoms with Gasteiger partial charge in [-0.05, 0) is 49.1 Å². The molecule has 0 saturated heterocycles. The second-order valence-electron chi connectivity index (χ2n) is 4.84. The number of nitrogens with two attached hydrogens (primary N) is 1. The van der Waals surface area contributed by atoms with Crippen LogP contribution in [0.25, 0.3) is 0 Å². The van der Waals surface area contributed by atoms with Gasteiger partial charge in [-0.1, -0.05) is 39.7 Å². The SMILES string of the molecule is NC(=S)c1cc2c(nc1Oc1ccc(Br)cc1Cl)CCC2. The summed E-state index contributed by atoms with van der Waals surface area (Å²) < 4.78 is 6.74. The van der Waals surface area contributed by atoms with Crippen molar-refractivity contribution in [2.45, 2.75) is 19.3 Å². The molecule has 1 aromatic heterocycles. The molecule has 0 spiro atoms. The predicted octanol–water partition coefficient (Wildman–Crippen LogP) is 4.41. The topological polar surface area (TPSA) is 48.1 Å². The van der Waals surface area contributed by atoms with E-state index in [0.717, 1.165) is 29.4 Å². The monoisotopic (exact) mass is 382 g/mol. The number of hydrogen-bond donors (Lipinski definition) is 1. The summed E-state index contributed by atoms with van der Waals surface area (Å²) in [6.45, 7) is 0. The van der Waals surface area contributed by atoms with E-state index >= 15 is 0 Å². The summed E-state index contributed by atoms with van der Waals surface area (Å²) in [5.74, 6) is 0.954. The zero-order chi connectivity index (χ0) is 15.0. The minimum atomic E-state index is 0.278. The van der Waals surface area contributed by atoms with Crippen LogP contribution in [-0.2, 0) is 12.8 Å². The summed E-state index contributed by atoms with van der Waals surface area (Å²) in [6, 6.07) is 7.39. The number of halogens is 2. The van der Waals surface area contributed by atoms with Crippen molar-refractivity contribution in [3.8, 4) is 11.6 Å². The molecule has 0 saturated carbocycles. The van der Waals surface area contributed by atoms with Crippen molar-refractivity contribution in [3.63, 3.8) is 0 Å². The highest BCUT2D eigenvalue weighted by Gasteiger charge is 2.19. The van der Waals surface area contributed by atoms with Crippen LogP contribution in [0.1, 0.15) is 23.2 Å². The van der Waals surface area contributed by atoms with Crippen molar-refractivity contribution in [3.05, 3.63) is 50.6 Å². The molecule has 0 unspecified atom stereocenters. The number of thiocarbonyl (C=S) groups is 1. The van der Waals surface area contributed by atoms with Crippen LogP contribution >= 0.6 is 39.7 Å². The lowest BCUT2D eigenvalue weighted by Gasteiger charge is -2.12. The van der Waals surface area contributed by atoms with E-state index in [1.807, 2.05) is 12.1 Å². The largest absolute Gasteiger partial charge is 0.437 e. The van der Waals surface area contributed by atoms with E-state index in [0.29, 0.717) is 22.2 Å². The number of nitrogens with zero attached hydrogens (tertiary/aromatic N) is 1. The summed E-state index contributed by atoms with van der Waals surface area (Å²) >= 11 is 14.7. The maximum absolute atomic E-state index is 6.18. The van der Waals surface area contributed by atoms with Gasteiger partial charge < -0.3 is 10.5 Å². The Morgan fingerprint density at radius 3 is 2.86 bits per heavy atom. The maximum Gasteiger partial charge on any atom is 0.229 e. The number of ether oxygens (including phenoxy) is 1. The van der Waals surface area contributed by atoms with E-state index in [1.165, 1.54) is 5.56 Å². The highest BCUT2D eigenvalue weighted by Crippen LogP contribution is 2.34. The molecule has 6 heteroatoms.